The van der Waals surface area contributed by atoms with Gasteiger partial charge in [0.05, 0.1) is 17.2 Å². The van der Waals surface area contributed by atoms with E-state index in [9.17, 15) is 14.0 Å². The Labute approximate surface area is 180 Å². The highest BCUT2D eigenvalue weighted by Gasteiger charge is 2.15. The van der Waals surface area contributed by atoms with Crippen LogP contribution in [0.5, 0.6) is 0 Å². The molecule has 8 heteroatoms. The average Bonchev–Trinajstić information content (AvgIpc) is 3.18. The van der Waals surface area contributed by atoms with E-state index in [2.05, 4.69) is 15.3 Å². The molecule has 0 saturated heterocycles. The van der Waals surface area contributed by atoms with Gasteiger partial charge in [0.15, 0.2) is 5.16 Å². The van der Waals surface area contributed by atoms with Crippen molar-refractivity contribution in [2.45, 2.75) is 18.1 Å². The van der Waals surface area contributed by atoms with Crippen LogP contribution in [0.1, 0.15) is 18.5 Å². The number of nitrogens with one attached hydrogen (secondary N) is 2. The van der Waals surface area contributed by atoms with Crippen LogP contribution in [0.3, 0.4) is 0 Å². The van der Waals surface area contributed by atoms with Crippen molar-refractivity contribution in [2.75, 3.05) is 5.75 Å². The Morgan fingerprint density at radius 1 is 1.20 bits per heavy atom. The van der Waals surface area contributed by atoms with Crippen molar-refractivity contribution < 1.29 is 9.18 Å². The number of amides is 1. The van der Waals surface area contributed by atoms with Gasteiger partial charge in [-0.25, -0.2) is 9.37 Å². The normalized spacial score (nSPS) is 12.1. The third-order valence-electron chi connectivity index (χ3n) is 4.59. The van der Waals surface area contributed by atoms with E-state index < -0.39 is 0 Å². The van der Waals surface area contributed by atoms with Crippen LogP contribution in [-0.4, -0.2) is 21.6 Å². The minimum atomic E-state index is -0.330. The maximum atomic E-state index is 13.2. The summed E-state index contributed by atoms with van der Waals surface area (Å²) in [7, 11) is 0. The summed E-state index contributed by atoms with van der Waals surface area (Å²) in [4.78, 5) is 32.7. The van der Waals surface area contributed by atoms with Crippen molar-refractivity contribution in [1.82, 2.24) is 15.3 Å². The molecule has 0 aliphatic heterocycles. The molecule has 1 amide bonds. The first-order valence-corrected chi connectivity index (χ1v) is 11.1. The van der Waals surface area contributed by atoms with Crippen LogP contribution < -0.4 is 10.9 Å². The summed E-state index contributed by atoms with van der Waals surface area (Å²) in [6.45, 7) is 1.92. The van der Waals surface area contributed by atoms with Crippen molar-refractivity contribution in [3.05, 3.63) is 81.7 Å². The number of nitrogens with zero attached hydrogens (tertiary/aromatic N) is 1. The molecular weight excluding hydrogens is 421 g/mol. The van der Waals surface area contributed by atoms with Gasteiger partial charge in [-0.05, 0) is 30.2 Å². The molecule has 4 rings (SSSR count). The minimum absolute atomic E-state index is 0.107. The molecule has 5 nitrogen and oxygen atoms in total. The second-order valence-electron chi connectivity index (χ2n) is 6.70. The molecule has 0 aliphatic carbocycles. The van der Waals surface area contributed by atoms with Crippen molar-refractivity contribution in [2.24, 2.45) is 0 Å². The zero-order chi connectivity index (χ0) is 21.1. The van der Waals surface area contributed by atoms with Crippen LogP contribution in [0.4, 0.5) is 4.39 Å². The van der Waals surface area contributed by atoms with Crippen LogP contribution in [-0.2, 0) is 4.79 Å². The van der Waals surface area contributed by atoms with Gasteiger partial charge in [0, 0.05) is 10.9 Å². The highest BCUT2D eigenvalue weighted by molar-refractivity contribution is 7.99. The second-order valence-corrected chi connectivity index (χ2v) is 8.52. The number of hydrogen-bond acceptors (Lipinski definition) is 5. The lowest BCUT2D eigenvalue weighted by molar-refractivity contribution is -0.119. The number of hydrogen-bond donors (Lipinski definition) is 2. The van der Waals surface area contributed by atoms with E-state index >= 15 is 0 Å². The molecule has 4 aromatic rings. The first kappa shape index (κ1) is 20.3. The van der Waals surface area contributed by atoms with E-state index in [0.29, 0.717) is 15.4 Å². The smallest absolute Gasteiger partial charge is 0.260 e. The van der Waals surface area contributed by atoms with E-state index in [4.69, 9.17) is 0 Å². The van der Waals surface area contributed by atoms with Gasteiger partial charge in [0.25, 0.3) is 5.56 Å². The summed E-state index contributed by atoms with van der Waals surface area (Å²) >= 11 is 2.52. The predicted octanol–water partition coefficient (Wildman–Crippen LogP) is 4.76. The van der Waals surface area contributed by atoms with E-state index in [-0.39, 0.29) is 29.1 Å². The molecule has 0 bridgehead atoms. The van der Waals surface area contributed by atoms with Crippen LogP contribution >= 0.6 is 23.1 Å². The lowest BCUT2D eigenvalue weighted by Crippen LogP contribution is -2.28. The number of aromatic nitrogens is 2. The average molecular weight is 440 g/mol. The predicted molar refractivity (Wildman–Crippen MR) is 119 cm³/mol. The van der Waals surface area contributed by atoms with E-state index in [1.807, 2.05) is 42.6 Å². The van der Waals surface area contributed by atoms with Crippen molar-refractivity contribution >= 4 is 39.2 Å². The summed E-state index contributed by atoms with van der Waals surface area (Å²) in [5.41, 5.74) is 2.22. The number of thiophene rings is 1. The fraction of sp³-hybridized carbons (Fsp3) is 0.136. The number of halogens is 1. The topological polar surface area (TPSA) is 74.8 Å². The molecule has 2 aromatic heterocycles. The van der Waals surface area contributed by atoms with E-state index in [1.54, 1.807) is 12.1 Å². The Kier molecular flexibility index (Phi) is 5.96. The Balaban J connectivity index is 1.47. The summed E-state index contributed by atoms with van der Waals surface area (Å²) in [5.74, 6) is -0.330. The van der Waals surface area contributed by atoms with Gasteiger partial charge in [-0.2, -0.15) is 0 Å². The highest BCUT2D eigenvalue weighted by atomic mass is 32.2. The molecule has 2 aromatic carbocycles. The Morgan fingerprint density at radius 2 is 1.93 bits per heavy atom. The molecule has 30 heavy (non-hydrogen) atoms. The van der Waals surface area contributed by atoms with Gasteiger partial charge >= 0.3 is 0 Å². The van der Waals surface area contributed by atoms with E-state index in [0.717, 1.165) is 16.7 Å². The largest absolute Gasteiger partial charge is 0.349 e. The van der Waals surface area contributed by atoms with Gasteiger partial charge in [-0.3, -0.25) is 9.59 Å². The lowest BCUT2D eigenvalue weighted by atomic mass is 10.1. The van der Waals surface area contributed by atoms with Crippen LogP contribution in [0.25, 0.3) is 21.3 Å². The second kappa shape index (κ2) is 8.81. The van der Waals surface area contributed by atoms with Gasteiger partial charge in [0.1, 0.15) is 10.6 Å². The van der Waals surface area contributed by atoms with Crippen LogP contribution in [0, 0.1) is 5.82 Å². The van der Waals surface area contributed by atoms with Crippen LogP contribution in [0.2, 0.25) is 0 Å². The molecular formula is C22H18FN3O2S2. The summed E-state index contributed by atoms with van der Waals surface area (Å²) in [6.07, 6.45) is 0. The zero-order valence-corrected chi connectivity index (χ0v) is 17.6. The zero-order valence-electron chi connectivity index (χ0n) is 16.0. The fourth-order valence-electron chi connectivity index (χ4n) is 3.08. The summed E-state index contributed by atoms with van der Waals surface area (Å²) in [6, 6.07) is 15.6. The number of H-pyrrole nitrogens is 1. The van der Waals surface area contributed by atoms with Crippen LogP contribution in [0.15, 0.2) is 69.9 Å². The molecule has 152 valence electrons. The van der Waals surface area contributed by atoms with E-state index in [1.165, 1.54) is 35.2 Å². The third kappa shape index (κ3) is 4.44. The molecule has 1 unspecified atom stereocenters. The maximum absolute atomic E-state index is 13.2. The molecule has 0 saturated carbocycles. The molecule has 0 aliphatic rings. The molecule has 0 radical (unpaired) electrons. The Hall–Kier alpha value is -2.97. The van der Waals surface area contributed by atoms with Gasteiger partial charge < -0.3 is 10.3 Å². The fourth-order valence-corrected chi connectivity index (χ4v) is 4.76. The summed E-state index contributed by atoms with van der Waals surface area (Å²) < 4.78 is 13.2. The van der Waals surface area contributed by atoms with Gasteiger partial charge in [-0.1, -0.05) is 54.2 Å². The van der Waals surface area contributed by atoms with Crippen molar-refractivity contribution in [3.63, 3.8) is 0 Å². The monoisotopic (exact) mass is 439 g/mol. The molecule has 0 spiro atoms. The number of benzene rings is 2. The van der Waals surface area contributed by atoms with Gasteiger partial charge in [-0.15, -0.1) is 11.3 Å². The number of carbonyl (C=O) groups excluding carboxylic acids is 1. The lowest BCUT2D eigenvalue weighted by Gasteiger charge is -2.13. The Bertz CT molecular complexity index is 1240. The standard InChI is InChI=1S/C22H18FN3O2S2/c1-13(14-5-3-2-4-6-14)24-18(27)12-30-22-25-20(28)19-17(11-29-21(19)26-22)15-7-9-16(23)10-8-15/h2-11,13H,12H2,1H3,(H,24,27)(H,25,26,28). The minimum Gasteiger partial charge on any atom is -0.349 e. The maximum Gasteiger partial charge on any atom is 0.260 e. The molecule has 1 atom stereocenters. The number of carbonyl (C=O) groups is 1. The first-order valence-electron chi connectivity index (χ1n) is 9.26. The first-order chi connectivity index (χ1) is 14.5. The molecule has 2 N–H and O–H groups in total. The number of aromatic amines is 1. The SMILES string of the molecule is CC(NC(=O)CSc1nc2scc(-c3ccc(F)cc3)c2c(=O)[nH]1)c1ccccc1. The summed E-state index contributed by atoms with van der Waals surface area (Å²) in [5, 5.41) is 5.64. The number of thioether (sulfide) groups is 1. The number of rotatable bonds is 6. The van der Waals surface area contributed by atoms with Crippen molar-refractivity contribution in [3.8, 4) is 11.1 Å². The molecule has 0 fully saturated rings. The third-order valence-corrected chi connectivity index (χ3v) is 6.34. The quantitative estimate of drug-likeness (QED) is 0.336. The van der Waals surface area contributed by atoms with Gasteiger partial charge in [0.2, 0.25) is 5.91 Å². The van der Waals surface area contributed by atoms with Crippen molar-refractivity contribution in [1.29, 1.82) is 0 Å². The Morgan fingerprint density at radius 3 is 2.67 bits per heavy atom. The molecule has 2 heterocycles. The number of fused-ring (bicyclic) bond motifs is 1. The highest BCUT2D eigenvalue weighted by Crippen LogP contribution is 2.31.